The first-order valence-corrected chi connectivity index (χ1v) is 8.08. The molecule has 0 bridgehead atoms. The number of thiophene rings is 1. The molecule has 1 atom stereocenters. The molecule has 0 saturated carbocycles. The van der Waals surface area contributed by atoms with Gasteiger partial charge in [-0.05, 0) is 44.2 Å². The molecule has 4 nitrogen and oxygen atoms in total. The molecule has 2 N–H and O–H groups in total. The van der Waals surface area contributed by atoms with Crippen molar-refractivity contribution in [3.8, 4) is 6.07 Å². The lowest BCUT2D eigenvalue weighted by Gasteiger charge is -2.24. The van der Waals surface area contributed by atoms with Crippen LogP contribution < -0.4 is 10.6 Å². The van der Waals surface area contributed by atoms with Crippen molar-refractivity contribution in [1.82, 2.24) is 5.32 Å². The summed E-state index contributed by atoms with van der Waals surface area (Å²) in [5, 5.41) is 16.4. The number of nitriles is 1. The number of aryl methyl sites for hydroxylation is 1. The quantitative estimate of drug-likeness (QED) is 0.898. The molecule has 1 saturated heterocycles. The largest absolute Gasteiger partial charge is 0.316 e. The Hall–Kier alpha value is -1.38. The van der Waals surface area contributed by atoms with Crippen molar-refractivity contribution in [2.24, 2.45) is 5.41 Å². The first kappa shape index (κ1) is 13.6. The molecule has 3 rings (SSSR count). The highest BCUT2D eigenvalue weighted by molar-refractivity contribution is 7.16. The maximum Gasteiger partial charge on any atom is 0.232 e. The molecule has 5 heteroatoms. The molecule has 2 aliphatic rings. The first-order chi connectivity index (χ1) is 9.70. The molecule has 0 aromatic carbocycles. The normalized spacial score (nSPS) is 24.4. The Morgan fingerprint density at radius 1 is 1.55 bits per heavy atom. The van der Waals surface area contributed by atoms with Crippen molar-refractivity contribution in [2.75, 3.05) is 18.4 Å². The van der Waals surface area contributed by atoms with Crippen LogP contribution in [0.3, 0.4) is 0 Å². The number of hydrogen-bond acceptors (Lipinski definition) is 4. The van der Waals surface area contributed by atoms with E-state index < -0.39 is 0 Å². The molecule has 2 heterocycles. The molecule has 106 valence electrons. The minimum Gasteiger partial charge on any atom is -0.316 e. The van der Waals surface area contributed by atoms with E-state index in [1.165, 1.54) is 10.4 Å². The lowest BCUT2D eigenvalue weighted by atomic mass is 9.83. The fourth-order valence-corrected chi connectivity index (χ4v) is 4.48. The summed E-state index contributed by atoms with van der Waals surface area (Å²) in [6.07, 6.45) is 4.87. The number of fused-ring (bicyclic) bond motifs is 1. The summed E-state index contributed by atoms with van der Waals surface area (Å²) in [4.78, 5) is 13.9. The Bertz CT molecular complexity index is 579. The average molecular weight is 289 g/mol. The van der Waals surface area contributed by atoms with E-state index in [0.717, 1.165) is 50.2 Å². The number of hydrogen-bond donors (Lipinski definition) is 2. The van der Waals surface area contributed by atoms with Crippen LogP contribution >= 0.6 is 11.3 Å². The molecular weight excluding hydrogens is 270 g/mol. The highest BCUT2D eigenvalue weighted by Gasteiger charge is 2.40. The van der Waals surface area contributed by atoms with Crippen LogP contribution in [0.15, 0.2) is 0 Å². The van der Waals surface area contributed by atoms with E-state index in [1.807, 2.05) is 0 Å². The van der Waals surface area contributed by atoms with Crippen LogP contribution in [0.1, 0.15) is 42.2 Å². The second-order valence-corrected chi connectivity index (χ2v) is 6.79. The van der Waals surface area contributed by atoms with Crippen LogP contribution in [-0.2, 0) is 17.6 Å². The minimum atomic E-state index is -0.304. The van der Waals surface area contributed by atoms with Gasteiger partial charge >= 0.3 is 0 Å². The van der Waals surface area contributed by atoms with E-state index in [1.54, 1.807) is 11.3 Å². The van der Waals surface area contributed by atoms with Gasteiger partial charge in [0.05, 0.1) is 11.0 Å². The zero-order valence-corrected chi connectivity index (χ0v) is 12.5. The van der Waals surface area contributed by atoms with Gasteiger partial charge in [-0.15, -0.1) is 11.3 Å². The first-order valence-electron chi connectivity index (χ1n) is 7.27. The van der Waals surface area contributed by atoms with Crippen LogP contribution in [-0.4, -0.2) is 19.0 Å². The monoisotopic (exact) mass is 289 g/mol. The Labute approximate surface area is 123 Å². The lowest BCUT2D eigenvalue weighted by Crippen LogP contribution is -2.37. The van der Waals surface area contributed by atoms with Crippen LogP contribution in [0.4, 0.5) is 5.00 Å². The summed E-state index contributed by atoms with van der Waals surface area (Å²) in [7, 11) is 0. The van der Waals surface area contributed by atoms with Gasteiger partial charge in [0, 0.05) is 11.4 Å². The number of nitrogens with zero attached hydrogens (tertiary/aromatic N) is 1. The number of nitrogens with one attached hydrogen (secondary N) is 2. The van der Waals surface area contributed by atoms with Crippen molar-refractivity contribution in [3.05, 3.63) is 16.0 Å². The maximum atomic E-state index is 12.6. The number of amides is 1. The second-order valence-electron chi connectivity index (χ2n) is 5.69. The zero-order valence-electron chi connectivity index (χ0n) is 11.7. The van der Waals surface area contributed by atoms with Crippen molar-refractivity contribution >= 4 is 22.2 Å². The molecule has 20 heavy (non-hydrogen) atoms. The summed E-state index contributed by atoms with van der Waals surface area (Å²) in [6, 6.07) is 2.28. The van der Waals surface area contributed by atoms with Crippen molar-refractivity contribution in [3.63, 3.8) is 0 Å². The third-order valence-electron chi connectivity index (χ3n) is 4.66. The van der Waals surface area contributed by atoms with E-state index in [9.17, 15) is 10.1 Å². The van der Waals surface area contributed by atoms with Crippen LogP contribution in [0.25, 0.3) is 0 Å². The predicted molar refractivity (Wildman–Crippen MR) is 79.9 cm³/mol. The van der Waals surface area contributed by atoms with Crippen molar-refractivity contribution < 1.29 is 4.79 Å². The van der Waals surface area contributed by atoms with Crippen LogP contribution in [0.5, 0.6) is 0 Å². The summed E-state index contributed by atoms with van der Waals surface area (Å²) >= 11 is 1.59. The van der Waals surface area contributed by atoms with E-state index >= 15 is 0 Å². The number of carbonyl (C=O) groups excluding carboxylic acids is 1. The number of anilines is 1. The summed E-state index contributed by atoms with van der Waals surface area (Å²) in [5.74, 6) is 0.0708. The average Bonchev–Trinajstić information content (AvgIpc) is 3.13. The molecule has 1 fully saturated rings. The second kappa shape index (κ2) is 5.19. The lowest BCUT2D eigenvalue weighted by molar-refractivity contribution is -0.124. The Morgan fingerprint density at radius 2 is 2.40 bits per heavy atom. The van der Waals surface area contributed by atoms with Gasteiger partial charge in [0.2, 0.25) is 5.91 Å². The summed E-state index contributed by atoms with van der Waals surface area (Å²) in [5.41, 5.74) is 1.57. The third kappa shape index (κ3) is 2.04. The molecular formula is C15H19N3OS. The topological polar surface area (TPSA) is 64.9 Å². The van der Waals surface area contributed by atoms with Gasteiger partial charge in [0.25, 0.3) is 0 Å². The number of carbonyl (C=O) groups is 1. The summed E-state index contributed by atoms with van der Waals surface area (Å²) in [6.45, 7) is 3.70. The van der Waals surface area contributed by atoms with Crippen molar-refractivity contribution in [2.45, 2.75) is 39.0 Å². The molecule has 1 unspecified atom stereocenters. The summed E-state index contributed by atoms with van der Waals surface area (Å²) < 4.78 is 0. The fraction of sp³-hybridized carbons (Fsp3) is 0.600. The van der Waals surface area contributed by atoms with Gasteiger partial charge in [-0.25, -0.2) is 0 Å². The van der Waals surface area contributed by atoms with Gasteiger partial charge in [-0.1, -0.05) is 6.92 Å². The van der Waals surface area contributed by atoms with E-state index in [-0.39, 0.29) is 11.3 Å². The van der Waals surface area contributed by atoms with Crippen molar-refractivity contribution in [1.29, 1.82) is 5.26 Å². The Kier molecular flexibility index (Phi) is 3.53. The van der Waals surface area contributed by atoms with Gasteiger partial charge in [0.1, 0.15) is 11.1 Å². The minimum absolute atomic E-state index is 0.0708. The standard InChI is InChI=1S/C15H19N3OS/c1-2-15(6-7-17-9-15)14(19)18-13-11(8-16)10-4-3-5-12(10)20-13/h17H,2-7,9H2,1H3,(H,18,19). The van der Waals surface area contributed by atoms with Gasteiger partial charge in [-0.2, -0.15) is 5.26 Å². The SMILES string of the molecule is CCC1(C(=O)Nc2sc3c(c2C#N)CCC3)CCNC1. The van der Waals surface area contributed by atoms with Crippen LogP contribution in [0, 0.1) is 16.7 Å². The van der Waals surface area contributed by atoms with Gasteiger partial charge in [0.15, 0.2) is 0 Å². The highest BCUT2D eigenvalue weighted by atomic mass is 32.1. The smallest absolute Gasteiger partial charge is 0.232 e. The Morgan fingerprint density at radius 3 is 3.05 bits per heavy atom. The zero-order chi connectivity index (χ0) is 14.2. The predicted octanol–water partition coefficient (Wildman–Crippen LogP) is 2.44. The van der Waals surface area contributed by atoms with E-state index in [0.29, 0.717) is 5.56 Å². The number of rotatable bonds is 3. The van der Waals surface area contributed by atoms with E-state index in [2.05, 4.69) is 23.6 Å². The highest BCUT2D eigenvalue weighted by Crippen LogP contribution is 2.40. The fourth-order valence-electron chi connectivity index (χ4n) is 3.25. The molecule has 0 spiro atoms. The molecule has 1 amide bonds. The molecule has 1 aromatic rings. The Balaban J connectivity index is 1.85. The molecule has 0 radical (unpaired) electrons. The van der Waals surface area contributed by atoms with E-state index in [4.69, 9.17) is 0 Å². The third-order valence-corrected chi connectivity index (χ3v) is 5.87. The maximum absolute atomic E-state index is 12.6. The molecule has 1 aromatic heterocycles. The molecule has 1 aliphatic heterocycles. The molecule has 1 aliphatic carbocycles. The van der Waals surface area contributed by atoms with Crippen LogP contribution in [0.2, 0.25) is 0 Å². The van der Waals surface area contributed by atoms with Gasteiger partial charge in [-0.3, -0.25) is 4.79 Å². The van der Waals surface area contributed by atoms with Gasteiger partial charge < -0.3 is 10.6 Å².